The van der Waals surface area contributed by atoms with Gasteiger partial charge in [0.2, 0.25) is 10.0 Å². The first-order chi connectivity index (χ1) is 9.51. The monoisotopic (exact) mass is 362 g/mol. The second-order valence-corrected chi connectivity index (χ2v) is 7.34. The van der Waals surface area contributed by atoms with Crippen molar-refractivity contribution in [1.82, 2.24) is 10.0 Å². The standard InChI is InChI=1S/C14H23BrN2O2S/c1-3-4-5-6-9-17-20(18,19)14-8-7-12(11-16-2)10-13(14)15/h7-8,10,16-17H,3-6,9,11H2,1-2H3. The molecule has 0 unspecified atom stereocenters. The van der Waals surface area contributed by atoms with Crippen molar-refractivity contribution in [1.29, 1.82) is 0 Å². The van der Waals surface area contributed by atoms with Gasteiger partial charge in [0.05, 0.1) is 4.90 Å². The van der Waals surface area contributed by atoms with E-state index in [1.54, 1.807) is 6.07 Å². The van der Waals surface area contributed by atoms with Gasteiger partial charge in [-0.25, -0.2) is 13.1 Å². The maximum absolute atomic E-state index is 12.2. The van der Waals surface area contributed by atoms with Crippen molar-refractivity contribution in [2.45, 2.75) is 44.0 Å². The van der Waals surface area contributed by atoms with Crippen molar-refractivity contribution in [3.05, 3.63) is 28.2 Å². The maximum Gasteiger partial charge on any atom is 0.241 e. The molecule has 0 amide bonds. The molecule has 0 aliphatic carbocycles. The van der Waals surface area contributed by atoms with Crippen LogP contribution in [0.1, 0.15) is 38.2 Å². The molecule has 20 heavy (non-hydrogen) atoms. The van der Waals surface area contributed by atoms with Gasteiger partial charge in [0, 0.05) is 17.6 Å². The van der Waals surface area contributed by atoms with Crippen LogP contribution in [0.3, 0.4) is 0 Å². The Hall–Kier alpha value is -0.430. The van der Waals surface area contributed by atoms with Gasteiger partial charge >= 0.3 is 0 Å². The molecule has 0 saturated carbocycles. The van der Waals surface area contributed by atoms with Gasteiger partial charge in [0.25, 0.3) is 0 Å². The summed E-state index contributed by atoms with van der Waals surface area (Å²) in [5, 5.41) is 3.04. The van der Waals surface area contributed by atoms with Crippen molar-refractivity contribution in [2.24, 2.45) is 0 Å². The van der Waals surface area contributed by atoms with E-state index in [0.717, 1.165) is 31.2 Å². The van der Waals surface area contributed by atoms with Crippen molar-refractivity contribution >= 4 is 26.0 Å². The van der Waals surface area contributed by atoms with E-state index in [1.165, 1.54) is 0 Å². The molecule has 0 radical (unpaired) electrons. The van der Waals surface area contributed by atoms with Crippen molar-refractivity contribution in [3.63, 3.8) is 0 Å². The average molecular weight is 363 g/mol. The quantitative estimate of drug-likeness (QED) is 0.663. The van der Waals surface area contributed by atoms with Crippen LogP contribution in [0.15, 0.2) is 27.6 Å². The summed E-state index contributed by atoms with van der Waals surface area (Å²) in [6, 6.07) is 5.31. The number of nitrogens with one attached hydrogen (secondary N) is 2. The van der Waals surface area contributed by atoms with E-state index < -0.39 is 10.0 Å². The Balaban J connectivity index is 2.67. The van der Waals surface area contributed by atoms with Crippen LogP contribution in [0.25, 0.3) is 0 Å². The summed E-state index contributed by atoms with van der Waals surface area (Å²) < 4.78 is 27.7. The largest absolute Gasteiger partial charge is 0.316 e. The van der Waals surface area contributed by atoms with Gasteiger partial charge in [0.1, 0.15) is 0 Å². The molecule has 0 aliphatic heterocycles. The SMILES string of the molecule is CCCCCCNS(=O)(=O)c1ccc(CNC)cc1Br. The van der Waals surface area contributed by atoms with Crippen LogP contribution < -0.4 is 10.0 Å². The summed E-state index contributed by atoms with van der Waals surface area (Å²) in [7, 11) is -1.57. The molecule has 0 heterocycles. The van der Waals surface area contributed by atoms with Crippen LogP contribution in [0.5, 0.6) is 0 Å². The molecule has 0 saturated heterocycles. The zero-order valence-electron chi connectivity index (χ0n) is 12.1. The summed E-state index contributed by atoms with van der Waals surface area (Å²) in [4.78, 5) is 0.299. The molecule has 1 rings (SSSR count). The van der Waals surface area contributed by atoms with E-state index in [4.69, 9.17) is 0 Å². The lowest BCUT2D eigenvalue weighted by molar-refractivity contribution is 0.573. The Morgan fingerprint density at radius 3 is 2.55 bits per heavy atom. The number of hydrogen-bond donors (Lipinski definition) is 2. The normalized spacial score (nSPS) is 11.8. The Labute approximate surface area is 130 Å². The van der Waals surface area contributed by atoms with Gasteiger partial charge in [-0.3, -0.25) is 0 Å². The van der Waals surface area contributed by atoms with Crippen LogP contribution in [-0.4, -0.2) is 22.0 Å². The number of sulfonamides is 1. The number of rotatable bonds is 9. The fourth-order valence-electron chi connectivity index (χ4n) is 1.91. The molecule has 0 fully saturated rings. The molecule has 4 nitrogen and oxygen atoms in total. The number of halogens is 1. The minimum Gasteiger partial charge on any atom is -0.316 e. The van der Waals surface area contributed by atoms with E-state index in [-0.39, 0.29) is 0 Å². The van der Waals surface area contributed by atoms with Gasteiger partial charge in [-0.05, 0) is 47.1 Å². The predicted octanol–water partition coefficient (Wildman–Crippen LogP) is 3.03. The maximum atomic E-state index is 12.2. The Morgan fingerprint density at radius 1 is 1.20 bits per heavy atom. The van der Waals surface area contributed by atoms with Crippen LogP contribution >= 0.6 is 15.9 Å². The molecule has 114 valence electrons. The fourth-order valence-corrected chi connectivity index (χ4v) is 4.11. The van der Waals surface area contributed by atoms with Gasteiger partial charge in [-0.2, -0.15) is 0 Å². The highest BCUT2D eigenvalue weighted by atomic mass is 79.9. The second kappa shape index (κ2) is 8.77. The minimum absolute atomic E-state index is 0.299. The summed E-state index contributed by atoms with van der Waals surface area (Å²) in [6.07, 6.45) is 4.22. The smallest absolute Gasteiger partial charge is 0.241 e. The molecule has 0 aromatic heterocycles. The highest BCUT2D eigenvalue weighted by Crippen LogP contribution is 2.23. The third-order valence-corrected chi connectivity index (χ3v) is 5.43. The van der Waals surface area contributed by atoms with Gasteiger partial charge in [-0.15, -0.1) is 0 Å². The Morgan fingerprint density at radius 2 is 1.95 bits per heavy atom. The molecular weight excluding hydrogens is 340 g/mol. The molecule has 2 N–H and O–H groups in total. The molecule has 0 aliphatic rings. The Bertz CT molecular complexity index is 518. The van der Waals surface area contributed by atoms with E-state index in [0.29, 0.717) is 22.5 Å². The van der Waals surface area contributed by atoms with Crippen molar-refractivity contribution in [3.8, 4) is 0 Å². The van der Waals surface area contributed by atoms with Crippen LogP contribution in [0, 0.1) is 0 Å². The molecule has 1 aromatic rings. The lowest BCUT2D eigenvalue weighted by Gasteiger charge is -2.10. The molecule has 0 bridgehead atoms. The second-order valence-electron chi connectivity index (χ2n) is 4.75. The third kappa shape index (κ3) is 5.52. The first-order valence-electron chi connectivity index (χ1n) is 6.94. The minimum atomic E-state index is -3.43. The first-order valence-corrected chi connectivity index (χ1v) is 9.21. The summed E-state index contributed by atoms with van der Waals surface area (Å²) in [6.45, 7) is 3.34. The average Bonchev–Trinajstić information content (AvgIpc) is 2.38. The predicted molar refractivity (Wildman–Crippen MR) is 86.2 cm³/mol. The third-order valence-electron chi connectivity index (χ3n) is 2.99. The van der Waals surface area contributed by atoms with E-state index in [2.05, 4.69) is 32.9 Å². The molecular formula is C14H23BrN2O2S. The van der Waals surface area contributed by atoms with Crippen LogP contribution in [-0.2, 0) is 16.6 Å². The zero-order chi connectivity index (χ0) is 15.0. The van der Waals surface area contributed by atoms with Crippen molar-refractivity contribution < 1.29 is 8.42 Å². The number of unbranched alkanes of at least 4 members (excludes halogenated alkanes) is 3. The molecule has 0 atom stereocenters. The molecule has 1 aromatic carbocycles. The number of hydrogen-bond acceptors (Lipinski definition) is 3. The molecule has 6 heteroatoms. The van der Waals surface area contributed by atoms with Crippen LogP contribution in [0.2, 0.25) is 0 Å². The lowest BCUT2D eigenvalue weighted by atomic mass is 10.2. The summed E-state index contributed by atoms with van der Waals surface area (Å²) in [5.74, 6) is 0. The highest BCUT2D eigenvalue weighted by Gasteiger charge is 2.17. The van der Waals surface area contributed by atoms with Crippen LogP contribution in [0.4, 0.5) is 0 Å². The lowest BCUT2D eigenvalue weighted by Crippen LogP contribution is -2.25. The van der Waals surface area contributed by atoms with Gasteiger partial charge in [-0.1, -0.05) is 32.3 Å². The zero-order valence-corrected chi connectivity index (χ0v) is 14.5. The summed E-state index contributed by atoms with van der Waals surface area (Å²) >= 11 is 3.34. The van der Waals surface area contributed by atoms with E-state index in [9.17, 15) is 8.42 Å². The topological polar surface area (TPSA) is 58.2 Å². The molecule has 0 spiro atoms. The first kappa shape index (κ1) is 17.6. The number of benzene rings is 1. The van der Waals surface area contributed by atoms with Gasteiger partial charge < -0.3 is 5.32 Å². The highest BCUT2D eigenvalue weighted by molar-refractivity contribution is 9.10. The van der Waals surface area contributed by atoms with Crippen molar-refractivity contribution in [2.75, 3.05) is 13.6 Å². The van der Waals surface area contributed by atoms with E-state index >= 15 is 0 Å². The van der Waals surface area contributed by atoms with Gasteiger partial charge in [0.15, 0.2) is 0 Å². The summed E-state index contributed by atoms with van der Waals surface area (Å²) in [5.41, 5.74) is 1.04. The van der Waals surface area contributed by atoms with E-state index in [1.807, 2.05) is 19.2 Å². The Kier molecular flexibility index (Phi) is 7.72. The fraction of sp³-hybridized carbons (Fsp3) is 0.571.